The third kappa shape index (κ3) is 4.02. The zero-order chi connectivity index (χ0) is 23.7. The highest BCUT2D eigenvalue weighted by molar-refractivity contribution is 5.89. The Hall–Kier alpha value is -3.76. The molecule has 0 spiro atoms. The number of aryl methyl sites for hydroxylation is 1. The van der Waals surface area contributed by atoms with E-state index in [-0.39, 0.29) is 6.61 Å². The van der Waals surface area contributed by atoms with Crippen LogP contribution in [0.3, 0.4) is 0 Å². The van der Waals surface area contributed by atoms with Crippen LogP contribution in [0.1, 0.15) is 22.1 Å². The van der Waals surface area contributed by atoms with Crippen LogP contribution in [0, 0.1) is 6.92 Å². The molecule has 4 heterocycles. The summed E-state index contributed by atoms with van der Waals surface area (Å²) in [5.74, 6) is -0.545. The molecule has 0 saturated carbocycles. The normalized spacial score (nSPS) is 22.2. The standard InChI is InChI=1S/C24H22FN5O4/c1-14-3-5-16(6-4-14)24(31)33-11-17-18(25)21(32-2)23(34-17)30-13-29-20-19(27-12-28-22(20)30)15-7-9-26-10-8-15/h3-10,12-13,17-18,21,23H,11H2,1-2H3/t17-,18-,21-,23-/m1/s1. The first-order chi connectivity index (χ1) is 16.6. The second kappa shape index (κ2) is 9.24. The lowest BCUT2D eigenvalue weighted by Crippen LogP contribution is -2.32. The van der Waals surface area contributed by atoms with E-state index in [1.54, 1.807) is 29.1 Å². The minimum absolute atomic E-state index is 0.256. The molecule has 1 saturated heterocycles. The molecule has 174 valence electrons. The van der Waals surface area contributed by atoms with Gasteiger partial charge in [0.05, 0.1) is 11.9 Å². The molecule has 0 bridgehead atoms. The Bertz CT molecular complexity index is 1300. The Morgan fingerprint density at radius 2 is 1.88 bits per heavy atom. The van der Waals surface area contributed by atoms with Gasteiger partial charge in [0.15, 0.2) is 18.0 Å². The smallest absolute Gasteiger partial charge is 0.338 e. The van der Waals surface area contributed by atoms with Gasteiger partial charge < -0.3 is 14.2 Å². The van der Waals surface area contributed by atoms with Gasteiger partial charge in [-0.25, -0.2) is 24.1 Å². The van der Waals surface area contributed by atoms with Gasteiger partial charge in [-0.15, -0.1) is 0 Å². The number of alkyl halides is 1. The fourth-order valence-electron chi connectivity index (χ4n) is 3.99. The number of nitrogens with zero attached hydrogens (tertiary/aromatic N) is 5. The molecule has 10 heteroatoms. The second-order valence-corrected chi connectivity index (χ2v) is 7.96. The van der Waals surface area contributed by atoms with Gasteiger partial charge >= 0.3 is 5.97 Å². The largest absolute Gasteiger partial charge is 0.459 e. The molecular weight excluding hydrogens is 441 g/mol. The number of fused-ring (bicyclic) bond motifs is 1. The van der Waals surface area contributed by atoms with Gasteiger partial charge in [0, 0.05) is 25.1 Å². The summed E-state index contributed by atoms with van der Waals surface area (Å²) >= 11 is 0. The molecule has 1 aromatic carbocycles. The summed E-state index contributed by atoms with van der Waals surface area (Å²) in [5.41, 5.74) is 3.87. The van der Waals surface area contributed by atoms with Crippen LogP contribution >= 0.6 is 0 Å². The van der Waals surface area contributed by atoms with Crippen molar-refractivity contribution < 1.29 is 23.4 Å². The van der Waals surface area contributed by atoms with Crippen molar-refractivity contribution in [3.8, 4) is 11.3 Å². The highest BCUT2D eigenvalue weighted by atomic mass is 19.1. The summed E-state index contributed by atoms with van der Waals surface area (Å²) in [7, 11) is 1.41. The zero-order valence-corrected chi connectivity index (χ0v) is 18.5. The van der Waals surface area contributed by atoms with Crippen molar-refractivity contribution in [1.82, 2.24) is 24.5 Å². The van der Waals surface area contributed by atoms with E-state index in [9.17, 15) is 4.79 Å². The third-order valence-electron chi connectivity index (χ3n) is 5.79. The molecule has 1 fully saturated rings. The minimum atomic E-state index is -1.53. The summed E-state index contributed by atoms with van der Waals surface area (Å²) < 4.78 is 33.5. The van der Waals surface area contributed by atoms with Crippen molar-refractivity contribution in [2.75, 3.05) is 13.7 Å². The quantitative estimate of drug-likeness (QED) is 0.402. The number of pyridine rings is 1. The van der Waals surface area contributed by atoms with Gasteiger partial charge in [-0.3, -0.25) is 9.55 Å². The van der Waals surface area contributed by atoms with E-state index in [1.165, 1.54) is 19.8 Å². The Labute approximate surface area is 194 Å². The summed E-state index contributed by atoms with van der Waals surface area (Å²) in [5, 5.41) is 0. The Morgan fingerprint density at radius 3 is 2.62 bits per heavy atom. The number of imidazole rings is 1. The molecule has 0 N–H and O–H groups in total. The van der Waals surface area contributed by atoms with E-state index >= 15 is 4.39 Å². The number of halogens is 1. The van der Waals surface area contributed by atoms with Crippen LogP contribution in [0.5, 0.6) is 0 Å². The lowest BCUT2D eigenvalue weighted by Gasteiger charge is -2.19. The molecule has 0 amide bonds. The van der Waals surface area contributed by atoms with Crippen molar-refractivity contribution in [2.24, 2.45) is 0 Å². The van der Waals surface area contributed by atoms with Crippen LogP contribution in [-0.2, 0) is 14.2 Å². The average molecular weight is 463 g/mol. The number of ether oxygens (including phenoxy) is 3. The summed E-state index contributed by atoms with van der Waals surface area (Å²) in [6.07, 6.45) is 1.93. The van der Waals surface area contributed by atoms with Crippen molar-refractivity contribution in [2.45, 2.75) is 31.5 Å². The lowest BCUT2D eigenvalue weighted by molar-refractivity contribution is -0.0616. The lowest BCUT2D eigenvalue weighted by atomic mass is 10.1. The van der Waals surface area contributed by atoms with E-state index in [2.05, 4.69) is 19.9 Å². The maximum absolute atomic E-state index is 15.2. The van der Waals surface area contributed by atoms with E-state index < -0.39 is 30.6 Å². The predicted octanol–water partition coefficient (Wildman–Crippen LogP) is 3.30. The number of carbonyl (C=O) groups excluding carboxylic acids is 1. The van der Waals surface area contributed by atoms with E-state index in [4.69, 9.17) is 14.2 Å². The van der Waals surface area contributed by atoms with Gasteiger partial charge in [0.2, 0.25) is 0 Å². The van der Waals surface area contributed by atoms with Crippen molar-refractivity contribution in [3.63, 3.8) is 0 Å². The number of hydrogen-bond acceptors (Lipinski definition) is 8. The molecule has 4 aromatic rings. The average Bonchev–Trinajstić information content (AvgIpc) is 3.43. The van der Waals surface area contributed by atoms with Crippen LogP contribution < -0.4 is 0 Å². The molecule has 3 aromatic heterocycles. The zero-order valence-electron chi connectivity index (χ0n) is 18.5. The topological polar surface area (TPSA) is 101 Å². The van der Waals surface area contributed by atoms with Crippen molar-refractivity contribution in [3.05, 3.63) is 72.6 Å². The molecule has 1 aliphatic rings. The SMILES string of the molecule is CO[C@@H]1[C@H](F)[C@@H](COC(=O)c2ccc(C)cc2)O[C@H]1n1cnc2c(-c3ccncc3)ncnc21. The monoisotopic (exact) mass is 463 g/mol. The van der Waals surface area contributed by atoms with E-state index in [0.29, 0.717) is 22.4 Å². The molecule has 0 radical (unpaired) electrons. The first kappa shape index (κ1) is 22.1. The van der Waals surface area contributed by atoms with Gasteiger partial charge in [0.25, 0.3) is 0 Å². The number of methoxy groups -OCH3 is 1. The Kier molecular flexibility index (Phi) is 5.99. The summed E-state index contributed by atoms with van der Waals surface area (Å²) in [6.45, 7) is 1.67. The highest BCUT2D eigenvalue weighted by Crippen LogP contribution is 2.36. The molecule has 1 aliphatic heterocycles. The van der Waals surface area contributed by atoms with Gasteiger partial charge in [-0.2, -0.15) is 0 Å². The number of hydrogen-bond donors (Lipinski definition) is 0. The van der Waals surface area contributed by atoms with E-state index in [1.807, 2.05) is 31.2 Å². The van der Waals surface area contributed by atoms with Gasteiger partial charge in [0.1, 0.15) is 36.4 Å². The number of carbonyl (C=O) groups is 1. The Balaban J connectivity index is 1.37. The minimum Gasteiger partial charge on any atom is -0.459 e. The van der Waals surface area contributed by atoms with Crippen molar-refractivity contribution in [1.29, 1.82) is 0 Å². The third-order valence-corrected chi connectivity index (χ3v) is 5.79. The number of rotatable bonds is 6. The number of esters is 1. The second-order valence-electron chi connectivity index (χ2n) is 7.96. The van der Waals surface area contributed by atoms with Crippen LogP contribution in [0.15, 0.2) is 61.4 Å². The molecule has 4 atom stereocenters. The molecule has 0 unspecified atom stereocenters. The van der Waals surface area contributed by atoms with E-state index in [0.717, 1.165) is 11.1 Å². The molecule has 0 aliphatic carbocycles. The van der Waals surface area contributed by atoms with Crippen LogP contribution in [0.25, 0.3) is 22.4 Å². The molecular formula is C24H22FN5O4. The maximum Gasteiger partial charge on any atom is 0.338 e. The fourth-order valence-corrected chi connectivity index (χ4v) is 3.99. The summed E-state index contributed by atoms with van der Waals surface area (Å²) in [6, 6.07) is 10.6. The van der Waals surface area contributed by atoms with Crippen LogP contribution in [0.2, 0.25) is 0 Å². The van der Waals surface area contributed by atoms with Gasteiger partial charge in [-0.1, -0.05) is 17.7 Å². The maximum atomic E-state index is 15.2. The molecule has 5 rings (SSSR count). The van der Waals surface area contributed by atoms with Gasteiger partial charge in [-0.05, 0) is 31.2 Å². The first-order valence-corrected chi connectivity index (χ1v) is 10.7. The summed E-state index contributed by atoms with van der Waals surface area (Å²) in [4.78, 5) is 29.5. The number of benzene rings is 1. The predicted molar refractivity (Wildman–Crippen MR) is 120 cm³/mol. The molecule has 9 nitrogen and oxygen atoms in total. The van der Waals surface area contributed by atoms with Crippen molar-refractivity contribution >= 4 is 17.1 Å². The first-order valence-electron chi connectivity index (χ1n) is 10.7. The number of aromatic nitrogens is 5. The highest BCUT2D eigenvalue weighted by Gasteiger charge is 2.47. The Morgan fingerprint density at radius 1 is 1.12 bits per heavy atom. The fraction of sp³-hybridized carbons (Fsp3) is 0.292. The van der Waals surface area contributed by atoms with Crippen LogP contribution in [0.4, 0.5) is 4.39 Å². The van der Waals surface area contributed by atoms with Crippen LogP contribution in [-0.4, -0.2) is 62.6 Å². The molecule has 34 heavy (non-hydrogen) atoms.